The normalized spacial score (nSPS) is 22.8. The second-order valence-corrected chi connectivity index (χ2v) is 5.86. The summed E-state index contributed by atoms with van der Waals surface area (Å²) < 4.78 is 4.67. The molecule has 4 nitrogen and oxygen atoms in total. The minimum absolute atomic E-state index is 0.335. The molecular weight excluding hydrogens is 252 g/mol. The van der Waals surface area contributed by atoms with Crippen LogP contribution >= 0.6 is 0 Å². The summed E-state index contributed by atoms with van der Waals surface area (Å²) in [4.78, 5) is 18.1. The SMILES string of the molecule is COC(=O)c1ccc(CN(C)C2CCC(C)CC2)nc1. The Kier molecular flexibility index (Phi) is 5.12. The number of pyridine rings is 1. The van der Waals surface area contributed by atoms with Crippen molar-refractivity contribution in [3.8, 4) is 0 Å². The first-order valence-corrected chi connectivity index (χ1v) is 7.33. The smallest absolute Gasteiger partial charge is 0.339 e. The Balaban J connectivity index is 1.91. The van der Waals surface area contributed by atoms with Crippen molar-refractivity contribution in [2.24, 2.45) is 5.92 Å². The summed E-state index contributed by atoms with van der Waals surface area (Å²) in [5, 5.41) is 0. The summed E-state index contributed by atoms with van der Waals surface area (Å²) in [5.74, 6) is 0.538. The lowest BCUT2D eigenvalue weighted by atomic mass is 9.87. The van der Waals surface area contributed by atoms with Gasteiger partial charge in [-0.2, -0.15) is 0 Å². The third kappa shape index (κ3) is 3.79. The molecule has 110 valence electrons. The minimum Gasteiger partial charge on any atom is -0.465 e. The van der Waals surface area contributed by atoms with Crippen molar-refractivity contribution >= 4 is 5.97 Å². The molecule has 0 N–H and O–H groups in total. The van der Waals surface area contributed by atoms with E-state index in [9.17, 15) is 4.79 Å². The van der Waals surface area contributed by atoms with Crippen LogP contribution < -0.4 is 0 Å². The summed E-state index contributed by atoms with van der Waals surface area (Å²) in [6.45, 7) is 3.17. The third-order valence-corrected chi connectivity index (χ3v) is 4.27. The van der Waals surface area contributed by atoms with Gasteiger partial charge in [-0.15, -0.1) is 0 Å². The van der Waals surface area contributed by atoms with E-state index in [0.717, 1.165) is 18.2 Å². The zero-order chi connectivity index (χ0) is 14.5. The molecule has 0 aliphatic heterocycles. The van der Waals surface area contributed by atoms with Crippen molar-refractivity contribution in [1.29, 1.82) is 0 Å². The Hall–Kier alpha value is -1.42. The molecule has 0 radical (unpaired) electrons. The number of hydrogen-bond donors (Lipinski definition) is 0. The van der Waals surface area contributed by atoms with Gasteiger partial charge in [0, 0.05) is 18.8 Å². The molecule has 1 aliphatic rings. The van der Waals surface area contributed by atoms with Crippen molar-refractivity contribution in [3.05, 3.63) is 29.6 Å². The van der Waals surface area contributed by atoms with E-state index in [-0.39, 0.29) is 5.97 Å². The van der Waals surface area contributed by atoms with E-state index in [2.05, 4.69) is 28.6 Å². The van der Waals surface area contributed by atoms with Gasteiger partial charge in [0.05, 0.1) is 18.4 Å². The molecule has 0 atom stereocenters. The summed E-state index contributed by atoms with van der Waals surface area (Å²) in [6, 6.07) is 4.35. The molecular formula is C16H24N2O2. The molecule has 20 heavy (non-hydrogen) atoms. The van der Waals surface area contributed by atoms with Gasteiger partial charge in [0.2, 0.25) is 0 Å². The first kappa shape index (κ1) is 15.0. The van der Waals surface area contributed by atoms with Crippen LogP contribution in [0.25, 0.3) is 0 Å². The van der Waals surface area contributed by atoms with E-state index >= 15 is 0 Å². The van der Waals surface area contributed by atoms with E-state index in [1.54, 1.807) is 12.3 Å². The van der Waals surface area contributed by atoms with Gasteiger partial charge in [-0.1, -0.05) is 6.92 Å². The number of esters is 1. The van der Waals surface area contributed by atoms with Crippen LogP contribution in [0.3, 0.4) is 0 Å². The number of carbonyl (C=O) groups is 1. The van der Waals surface area contributed by atoms with Gasteiger partial charge in [0.1, 0.15) is 0 Å². The number of rotatable bonds is 4. The van der Waals surface area contributed by atoms with Crippen LogP contribution in [0.1, 0.15) is 48.7 Å². The maximum Gasteiger partial charge on any atom is 0.339 e. The van der Waals surface area contributed by atoms with E-state index < -0.39 is 0 Å². The summed E-state index contributed by atoms with van der Waals surface area (Å²) in [7, 11) is 3.55. The molecule has 1 aromatic rings. The molecule has 0 aromatic carbocycles. The number of aromatic nitrogens is 1. The van der Waals surface area contributed by atoms with Crippen LogP contribution in [0.15, 0.2) is 18.3 Å². The second kappa shape index (κ2) is 6.84. The van der Waals surface area contributed by atoms with Crippen molar-refractivity contribution in [3.63, 3.8) is 0 Å². The van der Waals surface area contributed by atoms with Gasteiger partial charge in [0.25, 0.3) is 0 Å². The predicted molar refractivity (Wildman–Crippen MR) is 78.5 cm³/mol. The molecule has 0 bridgehead atoms. The average molecular weight is 276 g/mol. The van der Waals surface area contributed by atoms with Gasteiger partial charge < -0.3 is 4.74 Å². The fourth-order valence-electron chi connectivity index (χ4n) is 2.82. The van der Waals surface area contributed by atoms with E-state index in [1.807, 2.05) is 6.07 Å². The first-order chi connectivity index (χ1) is 9.60. The molecule has 2 rings (SSSR count). The Morgan fingerprint density at radius 2 is 2.05 bits per heavy atom. The largest absolute Gasteiger partial charge is 0.465 e. The lowest BCUT2D eigenvalue weighted by molar-refractivity contribution is 0.0600. The Morgan fingerprint density at radius 1 is 1.35 bits per heavy atom. The van der Waals surface area contributed by atoms with Crippen LogP contribution in [0.2, 0.25) is 0 Å². The highest BCUT2D eigenvalue weighted by Crippen LogP contribution is 2.27. The van der Waals surface area contributed by atoms with Crippen LogP contribution in [0.5, 0.6) is 0 Å². The van der Waals surface area contributed by atoms with Crippen molar-refractivity contribution in [2.45, 2.75) is 45.2 Å². The highest BCUT2D eigenvalue weighted by molar-refractivity contribution is 5.88. The van der Waals surface area contributed by atoms with Crippen molar-refractivity contribution in [2.75, 3.05) is 14.2 Å². The van der Waals surface area contributed by atoms with E-state index in [0.29, 0.717) is 11.6 Å². The molecule has 1 aliphatic carbocycles. The highest BCUT2D eigenvalue weighted by atomic mass is 16.5. The summed E-state index contributed by atoms with van der Waals surface area (Å²) >= 11 is 0. The molecule has 0 unspecified atom stereocenters. The van der Waals surface area contributed by atoms with Gasteiger partial charge >= 0.3 is 5.97 Å². The molecule has 1 fully saturated rings. The van der Waals surface area contributed by atoms with Crippen molar-refractivity contribution in [1.82, 2.24) is 9.88 Å². The molecule has 0 spiro atoms. The topological polar surface area (TPSA) is 42.4 Å². The van der Waals surface area contributed by atoms with Gasteiger partial charge in [-0.25, -0.2) is 4.79 Å². The molecule has 1 saturated carbocycles. The number of hydrogen-bond acceptors (Lipinski definition) is 4. The Morgan fingerprint density at radius 3 is 2.60 bits per heavy atom. The van der Waals surface area contributed by atoms with Crippen LogP contribution in [0.4, 0.5) is 0 Å². The van der Waals surface area contributed by atoms with Gasteiger partial charge in [0.15, 0.2) is 0 Å². The summed E-state index contributed by atoms with van der Waals surface area (Å²) in [6.07, 6.45) is 6.79. The number of nitrogens with zero attached hydrogens (tertiary/aromatic N) is 2. The predicted octanol–water partition coefficient (Wildman–Crippen LogP) is 2.88. The Labute approximate surface area is 121 Å². The lowest BCUT2D eigenvalue weighted by Gasteiger charge is -2.33. The first-order valence-electron chi connectivity index (χ1n) is 7.33. The second-order valence-electron chi connectivity index (χ2n) is 5.86. The van der Waals surface area contributed by atoms with Crippen LogP contribution in [-0.2, 0) is 11.3 Å². The molecule has 1 heterocycles. The average Bonchev–Trinajstić information content (AvgIpc) is 2.48. The van der Waals surface area contributed by atoms with Crippen LogP contribution in [0, 0.1) is 5.92 Å². The van der Waals surface area contributed by atoms with Gasteiger partial charge in [-0.05, 0) is 50.8 Å². The number of carbonyl (C=O) groups excluding carboxylic acids is 1. The number of methoxy groups -OCH3 is 1. The standard InChI is InChI=1S/C16H24N2O2/c1-12-4-8-15(9-5-12)18(2)11-14-7-6-13(10-17-14)16(19)20-3/h6-7,10,12,15H,4-5,8-9,11H2,1-3H3. The minimum atomic E-state index is -0.335. The lowest BCUT2D eigenvalue weighted by Crippen LogP contribution is -2.34. The number of ether oxygens (including phenoxy) is 1. The fourth-order valence-corrected chi connectivity index (χ4v) is 2.82. The summed E-state index contributed by atoms with van der Waals surface area (Å²) in [5.41, 5.74) is 1.50. The van der Waals surface area contributed by atoms with E-state index in [1.165, 1.54) is 32.8 Å². The van der Waals surface area contributed by atoms with Crippen LogP contribution in [-0.4, -0.2) is 36.1 Å². The van der Waals surface area contributed by atoms with Gasteiger partial charge in [-0.3, -0.25) is 9.88 Å². The molecule has 0 amide bonds. The fraction of sp³-hybridized carbons (Fsp3) is 0.625. The van der Waals surface area contributed by atoms with Crippen molar-refractivity contribution < 1.29 is 9.53 Å². The zero-order valence-electron chi connectivity index (χ0n) is 12.6. The quantitative estimate of drug-likeness (QED) is 0.793. The maximum atomic E-state index is 11.4. The van der Waals surface area contributed by atoms with E-state index in [4.69, 9.17) is 0 Å². The molecule has 0 saturated heterocycles. The molecule has 1 aromatic heterocycles. The maximum absolute atomic E-state index is 11.4. The third-order valence-electron chi connectivity index (χ3n) is 4.27. The molecule has 4 heteroatoms. The monoisotopic (exact) mass is 276 g/mol. The zero-order valence-corrected chi connectivity index (χ0v) is 12.6. The highest BCUT2D eigenvalue weighted by Gasteiger charge is 2.21. The Bertz CT molecular complexity index is 436.